The van der Waals surface area contributed by atoms with Crippen LogP contribution in [0.15, 0.2) is 16.7 Å². The second-order valence-corrected chi connectivity index (χ2v) is 6.48. The predicted octanol–water partition coefficient (Wildman–Crippen LogP) is 2.62. The van der Waals surface area contributed by atoms with Crippen LogP contribution >= 0.6 is 15.9 Å². The van der Waals surface area contributed by atoms with E-state index in [1.54, 1.807) is 0 Å². The summed E-state index contributed by atoms with van der Waals surface area (Å²) in [6.07, 6.45) is 5.40. The Balaban J connectivity index is 1.81. The molecule has 1 aromatic heterocycles. The summed E-state index contributed by atoms with van der Waals surface area (Å²) in [6.45, 7) is 4.35. The monoisotopic (exact) mass is 355 g/mol. The third kappa shape index (κ3) is 4.59. The molecular formula is C15H22BrN3O2. The van der Waals surface area contributed by atoms with E-state index in [2.05, 4.69) is 26.6 Å². The molecular weight excluding hydrogens is 334 g/mol. The number of hydrogen-bond donors (Lipinski definition) is 2. The Hall–Kier alpha value is -1.30. The normalized spacial score (nSPS) is 15.6. The van der Waals surface area contributed by atoms with E-state index in [1.165, 1.54) is 0 Å². The zero-order valence-corrected chi connectivity index (χ0v) is 14.1. The van der Waals surface area contributed by atoms with Crippen molar-refractivity contribution < 1.29 is 9.59 Å². The van der Waals surface area contributed by atoms with Gasteiger partial charge in [-0.15, -0.1) is 0 Å². The highest BCUT2D eigenvalue weighted by Crippen LogP contribution is 2.37. The number of carbonyl (C=O) groups is 2. The first-order valence-electron chi connectivity index (χ1n) is 7.46. The lowest BCUT2D eigenvalue weighted by Crippen LogP contribution is -2.35. The Bertz CT molecular complexity index is 523. The van der Waals surface area contributed by atoms with E-state index in [0.717, 1.165) is 23.7 Å². The Morgan fingerprint density at radius 3 is 2.81 bits per heavy atom. The number of hydrogen-bond acceptors (Lipinski definition) is 2. The Morgan fingerprint density at radius 1 is 1.48 bits per heavy atom. The lowest BCUT2D eigenvalue weighted by Gasteiger charge is -2.12. The van der Waals surface area contributed by atoms with E-state index >= 15 is 0 Å². The number of rotatable bonds is 7. The molecule has 1 aromatic rings. The van der Waals surface area contributed by atoms with Gasteiger partial charge in [0.05, 0.1) is 0 Å². The molecule has 6 heteroatoms. The maximum Gasteiger partial charge on any atom is 0.267 e. The molecule has 0 radical (unpaired) electrons. The van der Waals surface area contributed by atoms with Crippen molar-refractivity contribution in [1.29, 1.82) is 0 Å². The molecule has 2 rings (SSSR count). The summed E-state index contributed by atoms with van der Waals surface area (Å²) >= 11 is 3.41. The minimum atomic E-state index is -0.121. The van der Waals surface area contributed by atoms with Gasteiger partial charge in [0.15, 0.2) is 0 Å². The minimum absolute atomic E-state index is 0.0246. The molecule has 0 bridgehead atoms. The summed E-state index contributed by atoms with van der Waals surface area (Å²) in [5, 5.41) is 5.70. The molecule has 21 heavy (non-hydrogen) atoms. The highest BCUT2D eigenvalue weighted by molar-refractivity contribution is 9.10. The third-order valence-corrected chi connectivity index (χ3v) is 4.08. The van der Waals surface area contributed by atoms with Crippen LogP contribution in [0, 0.1) is 0 Å². The van der Waals surface area contributed by atoms with E-state index in [9.17, 15) is 9.59 Å². The van der Waals surface area contributed by atoms with E-state index in [-0.39, 0.29) is 17.9 Å². The summed E-state index contributed by atoms with van der Waals surface area (Å²) in [5.41, 5.74) is 0.659. The first kappa shape index (κ1) is 16.1. The van der Waals surface area contributed by atoms with Gasteiger partial charge >= 0.3 is 0 Å². The summed E-state index contributed by atoms with van der Waals surface area (Å²) in [6, 6.07) is 2.45. The predicted molar refractivity (Wildman–Crippen MR) is 85.2 cm³/mol. The molecule has 1 unspecified atom stereocenters. The zero-order chi connectivity index (χ0) is 15.4. The van der Waals surface area contributed by atoms with Crippen LogP contribution in [0.25, 0.3) is 0 Å². The average molecular weight is 356 g/mol. The second-order valence-electron chi connectivity index (χ2n) is 5.56. The zero-order valence-electron chi connectivity index (χ0n) is 12.5. The highest BCUT2D eigenvalue weighted by Gasteiger charge is 2.27. The number of halogens is 1. The van der Waals surface area contributed by atoms with Gasteiger partial charge in [-0.1, -0.05) is 6.92 Å². The van der Waals surface area contributed by atoms with Crippen molar-refractivity contribution in [2.24, 2.45) is 0 Å². The number of aromatic nitrogens is 1. The van der Waals surface area contributed by atoms with Crippen molar-refractivity contribution in [2.45, 2.75) is 51.6 Å². The van der Waals surface area contributed by atoms with E-state index < -0.39 is 0 Å². The molecule has 0 spiro atoms. The van der Waals surface area contributed by atoms with Gasteiger partial charge in [-0.25, -0.2) is 0 Å². The first-order valence-corrected chi connectivity index (χ1v) is 8.25. The molecule has 1 atom stereocenters. The fraction of sp³-hybridized carbons (Fsp3) is 0.600. The van der Waals surface area contributed by atoms with Gasteiger partial charge in [-0.2, -0.15) is 0 Å². The van der Waals surface area contributed by atoms with Gasteiger partial charge in [-0.05, 0) is 48.2 Å². The highest BCUT2D eigenvalue weighted by atomic mass is 79.9. The van der Waals surface area contributed by atoms with Crippen molar-refractivity contribution in [1.82, 2.24) is 15.2 Å². The third-order valence-electron chi connectivity index (χ3n) is 3.65. The number of carbonyl (C=O) groups excluding carboxylic acids is 2. The summed E-state index contributed by atoms with van der Waals surface area (Å²) in [7, 11) is 0. The SMILES string of the molecule is CCC(C)NC(=O)CCNC(=O)c1cc(Br)cn1C1CC1. The second kappa shape index (κ2) is 7.11. The van der Waals surface area contributed by atoms with Crippen LogP contribution in [0.2, 0.25) is 0 Å². The van der Waals surface area contributed by atoms with Crippen LogP contribution in [-0.4, -0.2) is 29.0 Å². The van der Waals surface area contributed by atoms with Crippen LogP contribution in [0.5, 0.6) is 0 Å². The van der Waals surface area contributed by atoms with E-state index in [4.69, 9.17) is 0 Å². The Morgan fingerprint density at radius 2 is 2.19 bits per heavy atom. The molecule has 116 valence electrons. The Kier molecular flexibility index (Phi) is 5.45. The maximum absolute atomic E-state index is 12.2. The molecule has 1 heterocycles. The summed E-state index contributed by atoms with van der Waals surface area (Å²) in [4.78, 5) is 23.8. The number of nitrogens with zero attached hydrogens (tertiary/aromatic N) is 1. The molecule has 5 nitrogen and oxygen atoms in total. The lowest BCUT2D eigenvalue weighted by atomic mass is 10.2. The van der Waals surface area contributed by atoms with Gasteiger partial charge in [0.25, 0.3) is 5.91 Å². The van der Waals surface area contributed by atoms with Gasteiger partial charge in [0.2, 0.25) is 5.91 Å². The first-order chi connectivity index (χ1) is 10.0. The van der Waals surface area contributed by atoms with Crippen LogP contribution < -0.4 is 10.6 Å². The van der Waals surface area contributed by atoms with Gasteiger partial charge < -0.3 is 15.2 Å². The molecule has 0 saturated heterocycles. The van der Waals surface area contributed by atoms with E-state index in [1.807, 2.05) is 30.7 Å². The quantitative estimate of drug-likeness (QED) is 0.789. The number of amides is 2. The van der Waals surface area contributed by atoms with Crippen LogP contribution in [0.1, 0.15) is 56.1 Å². The molecule has 1 saturated carbocycles. The topological polar surface area (TPSA) is 63.1 Å². The summed E-state index contributed by atoms with van der Waals surface area (Å²) < 4.78 is 2.92. The van der Waals surface area contributed by atoms with E-state index in [0.29, 0.717) is 24.7 Å². The lowest BCUT2D eigenvalue weighted by molar-refractivity contribution is -0.121. The molecule has 2 amide bonds. The maximum atomic E-state index is 12.2. The van der Waals surface area contributed by atoms with Crippen molar-refractivity contribution in [3.63, 3.8) is 0 Å². The van der Waals surface area contributed by atoms with Crippen LogP contribution in [0.4, 0.5) is 0 Å². The molecule has 1 aliphatic carbocycles. The van der Waals surface area contributed by atoms with Crippen LogP contribution in [0.3, 0.4) is 0 Å². The summed E-state index contributed by atoms with van der Waals surface area (Å²) in [5.74, 6) is -0.146. The van der Waals surface area contributed by atoms with Crippen molar-refractivity contribution >= 4 is 27.7 Å². The fourth-order valence-electron chi connectivity index (χ4n) is 2.11. The standard InChI is InChI=1S/C15H22BrN3O2/c1-3-10(2)18-14(20)6-7-17-15(21)13-8-11(16)9-19(13)12-4-5-12/h8-10,12H,3-7H2,1-2H3,(H,17,21)(H,18,20). The molecule has 2 N–H and O–H groups in total. The minimum Gasteiger partial charge on any atom is -0.354 e. The Labute approximate surface area is 133 Å². The van der Waals surface area contributed by atoms with Gasteiger partial charge in [0, 0.05) is 35.7 Å². The van der Waals surface area contributed by atoms with Crippen molar-refractivity contribution in [2.75, 3.05) is 6.54 Å². The van der Waals surface area contributed by atoms with Crippen molar-refractivity contribution in [3.05, 3.63) is 22.4 Å². The smallest absolute Gasteiger partial charge is 0.267 e. The van der Waals surface area contributed by atoms with Gasteiger partial charge in [-0.3, -0.25) is 9.59 Å². The van der Waals surface area contributed by atoms with Crippen molar-refractivity contribution in [3.8, 4) is 0 Å². The van der Waals surface area contributed by atoms with Crippen LogP contribution in [-0.2, 0) is 4.79 Å². The average Bonchev–Trinajstić information content (AvgIpc) is 3.21. The fourth-order valence-corrected chi connectivity index (χ4v) is 2.55. The molecule has 0 aliphatic heterocycles. The molecule has 1 fully saturated rings. The number of nitrogens with one attached hydrogen (secondary N) is 2. The van der Waals surface area contributed by atoms with Gasteiger partial charge in [0.1, 0.15) is 5.69 Å². The molecule has 1 aliphatic rings. The molecule has 0 aromatic carbocycles. The largest absolute Gasteiger partial charge is 0.354 e.